The first-order valence-corrected chi connectivity index (χ1v) is 9.63. The molecule has 8 nitrogen and oxygen atoms in total. The second-order valence-electron chi connectivity index (χ2n) is 6.89. The average molecular weight is 399 g/mol. The van der Waals surface area contributed by atoms with Crippen molar-refractivity contribution in [3.05, 3.63) is 71.4 Å². The third-order valence-electron chi connectivity index (χ3n) is 4.71. The van der Waals surface area contributed by atoms with Crippen LogP contribution in [0.15, 0.2) is 59.1 Å². The number of para-hydroxylation sites is 1. The molecule has 0 aliphatic heterocycles. The van der Waals surface area contributed by atoms with Gasteiger partial charge in [0.25, 0.3) is 0 Å². The van der Waals surface area contributed by atoms with E-state index in [0.29, 0.717) is 41.9 Å². The molecule has 0 amide bonds. The van der Waals surface area contributed by atoms with Gasteiger partial charge < -0.3 is 15.6 Å². The number of hydrogen-bond donors (Lipinski definition) is 2. The largest absolute Gasteiger partial charge is 0.382 e. The summed E-state index contributed by atoms with van der Waals surface area (Å²) in [5, 5.41) is 21.1. The standard InChI is InChI=1S/C22H21N7O/c1-15-9-11-16(12-10-15)21-26-22(30-28-21)25-13-5-8-19-18(14-23)20(24)29(27-19)17-6-3-2-4-7-17/h2-4,6-7,9-12H,5,8,13,24H2,1H3,(H,25,26,28). The maximum absolute atomic E-state index is 9.49. The van der Waals surface area contributed by atoms with E-state index in [1.807, 2.05) is 61.5 Å². The van der Waals surface area contributed by atoms with E-state index in [1.54, 1.807) is 4.68 Å². The number of nitrogens with two attached hydrogens (primary N) is 1. The van der Waals surface area contributed by atoms with Crippen LogP contribution in [0.1, 0.15) is 23.2 Å². The van der Waals surface area contributed by atoms with Crippen LogP contribution in [-0.4, -0.2) is 26.5 Å². The van der Waals surface area contributed by atoms with E-state index in [0.717, 1.165) is 17.7 Å². The molecule has 150 valence electrons. The number of rotatable bonds is 7. The Morgan fingerprint density at radius 1 is 1.13 bits per heavy atom. The van der Waals surface area contributed by atoms with Gasteiger partial charge in [-0.25, -0.2) is 4.68 Å². The van der Waals surface area contributed by atoms with E-state index in [1.165, 1.54) is 5.56 Å². The Morgan fingerprint density at radius 3 is 2.63 bits per heavy atom. The molecule has 0 saturated heterocycles. The lowest BCUT2D eigenvalue weighted by atomic mass is 10.1. The molecule has 0 fully saturated rings. The number of nitrogens with one attached hydrogen (secondary N) is 1. The van der Waals surface area contributed by atoms with E-state index in [4.69, 9.17) is 10.3 Å². The fraction of sp³-hybridized carbons (Fsp3) is 0.182. The summed E-state index contributed by atoms with van der Waals surface area (Å²) in [5.74, 6) is 0.893. The molecule has 3 N–H and O–H groups in total. The summed E-state index contributed by atoms with van der Waals surface area (Å²) in [5.41, 5.74) is 10.1. The second kappa shape index (κ2) is 8.49. The number of benzene rings is 2. The molecule has 0 spiro atoms. The van der Waals surface area contributed by atoms with Crippen molar-refractivity contribution in [2.45, 2.75) is 19.8 Å². The van der Waals surface area contributed by atoms with E-state index >= 15 is 0 Å². The molecule has 0 aliphatic carbocycles. The van der Waals surface area contributed by atoms with Gasteiger partial charge in [-0.2, -0.15) is 15.3 Å². The van der Waals surface area contributed by atoms with Gasteiger partial charge >= 0.3 is 6.01 Å². The summed E-state index contributed by atoms with van der Waals surface area (Å²) < 4.78 is 6.87. The van der Waals surface area contributed by atoms with E-state index in [2.05, 4.69) is 26.6 Å². The first-order chi connectivity index (χ1) is 14.7. The molecule has 2 heterocycles. The van der Waals surface area contributed by atoms with Gasteiger partial charge in [0.2, 0.25) is 5.82 Å². The fourth-order valence-electron chi connectivity index (χ4n) is 3.11. The molecule has 0 bridgehead atoms. The Balaban J connectivity index is 1.37. The van der Waals surface area contributed by atoms with Gasteiger partial charge in [0.1, 0.15) is 17.5 Å². The lowest BCUT2D eigenvalue weighted by Gasteiger charge is -2.02. The summed E-state index contributed by atoms with van der Waals surface area (Å²) in [6.07, 6.45) is 1.32. The molecule has 0 atom stereocenters. The van der Waals surface area contributed by atoms with Crippen LogP contribution in [0.2, 0.25) is 0 Å². The van der Waals surface area contributed by atoms with Gasteiger partial charge in [0, 0.05) is 12.1 Å². The van der Waals surface area contributed by atoms with E-state index < -0.39 is 0 Å². The Kier molecular flexibility index (Phi) is 5.44. The Hall–Kier alpha value is -4.12. The Bertz CT molecular complexity index is 1170. The van der Waals surface area contributed by atoms with E-state index in [-0.39, 0.29) is 0 Å². The summed E-state index contributed by atoms with van der Waals surface area (Å²) in [7, 11) is 0. The lowest BCUT2D eigenvalue weighted by Crippen LogP contribution is -2.04. The van der Waals surface area contributed by atoms with Gasteiger partial charge in [-0.15, -0.1) is 0 Å². The Labute approximate surface area is 174 Å². The zero-order chi connectivity index (χ0) is 20.9. The number of aromatic nitrogens is 4. The molecular weight excluding hydrogens is 378 g/mol. The zero-order valence-corrected chi connectivity index (χ0v) is 16.5. The van der Waals surface area contributed by atoms with Crippen molar-refractivity contribution in [3.63, 3.8) is 0 Å². The molecule has 4 aromatic rings. The van der Waals surface area contributed by atoms with Gasteiger partial charge in [-0.05, 0) is 31.9 Å². The SMILES string of the molecule is Cc1ccc(-c2noc(NCCCc3nn(-c4ccccc4)c(N)c3C#N)n2)cc1. The average Bonchev–Trinajstić information content (AvgIpc) is 3.36. The minimum atomic E-state index is 0.353. The van der Waals surface area contributed by atoms with Crippen molar-refractivity contribution in [1.29, 1.82) is 5.26 Å². The molecule has 2 aromatic heterocycles. The molecular formula is C22H21N7O. The van der Waals surface area contributed by atoms with Crippen LogP contribution in [0, 0.1) is 18.3 Å². The zero-order valence-electron chi connectivity index (χ0n) is 16.5. The summed E-state index contributed by atoms with van der Waals surface area (Å²) in [6, 6.07) is 20.0. The third kappa shape index (κ3) is 4.00. The minimum absolute atomic E-state index is 0.353. The number of nitrogen functional groups attached to an aromatic ring is 1. The summed E-state index contributed by atoms with van der Waals surface area (Å²) >= 11 is 0. The molecule has 0 saturated carbocycles. The Morgan fingerprint density at radius 2 is 1.90 bits per heavy atom. The molecule has 0 unspecified atom stereocenters. The highest BCUT2D eigenvalue weighted by molar-refractivity contribution is 5.57. The molecule has 30 heavy (non-hydrogen) atoms. The highest BCUT2D eigenvalue weighted by atomic mass is 16.5. The van der Waals surface area contributed by atoms with Crippen molar-refractivity contribution in [2.75, 3.05) is 17.6 Å². The predicted molar refractivity (Wildman–Crippen MR) is 114 cm³/mol. The van der Waals surface area contributed by atoms with Gasteiger partial charge in [-0.1, -0.05) is 53.2 Å². The van der Waals surface area contributed by atoms with Crippen LogP contribution in [0.3, 0.4) is 0 Å². The monoisotopic (exact) mass is 399 g/mol. The van der Waals surface area contributed by atoms with Crippen LogP contribution >= 0.6 is 0 Å². The van der Waals surface area contributed by atoms with Crippen molar-refractivity contribution in [2.24, 2.45) is 0 Å². The molecule has 2 aromatic carbocycles. The molecule has 0 radical (unpaired) electrons. The minimum Gasteiger partial charge on any atom is -0.382 e. The van der Waals surface area contributed by atoms with Crippen LogP contribution < -0.4 is 11.1 Å². The van der Waals surface area contributed by atoms with Crippen molar-refractivity contribution >= 4 is 11.8 Å². The number of hydrogen-bond acceptors (Lipinski definition) is 7. The molecule has 8 heteroatoms. The van der Waals surface area contributed by atoms with Crippen molar-refractivity contribution < 1.29 is 4.52 Å². The highest BCUT2D eigenvalue weighted by Gasteiger charge is 2.16. The van der Waals surface area contributed by atoms with Gasteiger partial charge in [0.15, 0.2) is 0 Å². The smallest absolute Gasteiger partial charge is 0.321 e. The number of nitriles is 1. The predicted octanol–water partition coefficient (Wildman–Crippen LogP) is 3.73. The van der Waals surface area contributed by atoms with E-state index in [9.17, 15) is 5.26 Å². The normalized spacial score (nSPS) is 10.7. The maximum Gasteiger partial charge on any atom is 0.321 e. The molecule has 0 aliphatic rings. The summed E-state index contributed by atoms with van der Waals surface area (Å²) in [6.45, 7) is 2.62. The van der Waals surface area contributed by atoms with Crippen LogP contribution in [-0.2, 0) is 6.42 Å². The third-order valence-corrected chi connectivity index (χ3v) is 4.71. The van der Waals surface area contributed by atoms with Gasteiger partial charge in [0.05, 0.1) is 11.4 Å². The fourth-order valence-corrected chi connectivity index (χ4v) is 3.11. The number of nitrogens with zero attached hydrogens (tertiary/aromatic N) is 5. The number of anilines is 2. The summed E-state index contributed by atoms with van der Waals surface area (Å²) in [4.78, 5) is 4.37. The maximum atomic E-state index is 9.49. The quantitative estimate of drug-likeness (QED) is 0.454. The van der Waals surface area contributed by atoms with Crippen LogP contribution in [0.5, 0.6) is 0 Å². The lowest BCUT2D eigenvalue weighted by molar-refractivity contribution is 0.431. The second-order valence-corrected chi connectivity index (χ2v) is 6.89. The highest BCUT2D eigenvalue weighted by Crippen LogP contribution is 2.22. The van der Waals surface area contributed by atoms with Crippen molar-refractivity contribution in [1.82, 2.24) is 19.9 Å². The number of aryl methyl sites for hydroxylation is 2. The van der Waals surface area contributed by atoms with Crippen LogP contribution in [0.25, 0.3) is 17.1 Å². The first kappa shape index (κ1) is 19.2. The molecule has 4 rings (SSSR count). The van der Waals surface area contributed by atoms with Gasteiger partial charge in [-0.3, -0.25) is 0 Å². The topological polar surface area (TPSA) is 119 Å². The first-order valence-electron chi connectivity index (χ1n) is 9.63. The van der Waals surface area contributed by atoms with Crippen LogP contribution in [0.4, 0.5) is 11.8 Å². The van der Waals surface area contributed by atoms with Crippen molar-refractivity contribution in [3.8, 4) is 23.1 Å².